The highest BCUT2D eigenvalue weighted by Crippen LogP contribution is 2.09. The molecule has 1 saturated heterocycles. The van der Waals surface area contributed by atoms with Gasteiger partial charge in [0.2, 0.25) is 5.91 Å². The molecule has 2 rings (SSSR count). The molecule has 1 aliphatic heterocycles. The van der Waals surface area contributed by atoms with Gasteiger partial charge in [-0.15, -0.1) is 0 Å². The quantitative estimate of drug-likeness (QED) is 0.754. The van der Waals surface area contributed by atoms with Gasteiger partial charge in [0, 0.05) is 25.5 Å². The average molecular weight is 222 g/mol. The Balaban J connectivity index is 1.67. The van der Waals surface area contributed by atoms with Crippen LogP contribution in [0.4, 0.5) is 0 Å². The fraction of sp³-hybridized carbons (Fsp3) is 0.636. The average Bonchev–Trinajstić information content (AvgIpc) is 2.83. The smallest absolute Gasteiger partial charge is 0.224 e. The second-order valence-electron chi connectivity index (χ2n) is 4.10. The third kappa shape index (κ3) is 3.06. The molecule has 5 heteroatoms. The monoisotopic (exact) mass is 222 g/mol. The molecular formula is C11H18N4O. The highest BCUT2D eigenvalue weighted by Gasteiger charge is 2.19. The highest BCUT2D eigenvalue weighted by molar-refractivity contribution is 5.78. The van der Waals surface area contributed by atoms with E-state index in [1.165, 1.54) is 0 Å². The molecule has 0 spiro atoms. The Morgan fingerprint density at radius 1 is 1.62 bits per heavy atom. The minimum atomic E-state index is 0.145. The molecule has 16 heavy (non-hydrogen) atoms. The third-order valence-electron chi connectivity index (χ3n) is 2.87. The minimum absolute atomic E-state index is 0.145. The number of nitrogens with zero attached hydrogens (tertiary/aromatic N) is 2. The van der Waals surface area contributed by atoms with Crippen molar-refractivity contribution in [3.63, 3.8) is 0 Å². The number of carbonyl (C=O) groups excluding carboxylic acids is 1. The third-order valence-corrected chi connectivity index (χ3v) is 2.87. The standard InChI is InChI=1S/C11H18N4O/c16-11(10-3-1-4-12-9-10)13-6-8-15-7-2-5-14-15/h2,5,7,10,12H,1,3-4,6,8-9H2,(H,13,16)/t10-/m0/s1. The van der Waals surface area contributed by atoms with Crippen molar-refractivity contribution < 1.29 is 4.79 Å². The summed E-state index contributed by atoms with van der Waals surface area (Å²) in [6, 6.07) is 1.88. The van der Waals surface area contributed by atoms with Gasteiger partial charge < -0.3 is 10.6 Å². The van der Waals surface area contributed by atoms with Crippen molar-refractivity contribution in [1.29, 1.82) is 0 Å². The van der Waals surface area contributed by atoms with E-state index in [4.69, 9.17) is 0 Å². The lowest BCUT2D eigenvalue weighted by molar-refractivity contribution is -0.125. The van der Waals surface area contributed by atoms with E-state index in [0.29, 0.717) is 6.54 Å². The Hall–Kier alpha value is -1.36. The lowest BCUT2D eigenvalue weighted by atomic mass is 9.99. The lowest BCUT2D eigenvalue weighted by Gasteiger charge is -2.21. The van der Waals surface area contributed by atoms with Gasteiger partial charge in [-0.05, 0) is 25.5 Å². The van der Waals surface area contributed by atoms with E-state index >= 15 is 0 Å². The van der Waals surface area contributed by atoms with Crippen molar-refractivity contribution in [1.82, 2.24) is 20.4 Å². The Kier molecular flexibility index (Phi) is 3.93. The second kappa shape index (κ2) is 5.65. The number of rotatable bonds is 4. The van der Waals surface area contributed by atoms with Crippen LogP contribution in [0.2, 0.25) is 0 Å². The minimum Gasteiger partial charge on any atom is -0.354 e. The number of piperidine rings is 1. The Bertz CT molecular complexity index is 317. The number of hydrogen-bond acceptors (Lipinski definition) is 3. The maximum atomic E-state index is 11.7. The molecule has 1 fully saturated rings. The van der Waals surface area contributed by atoms with Crippen molar-refractivity contribution in [2.24, 2.45) is 5.92 Å². The van der Waals surface area contributed by atoms with Gasteiger partial charge in [0.25, 0.3) is 0 Å². The predicted octanol–water partition coefficient (Wildman–Crippen LogP) is -0.00110. The fourth-order valence-electron chi connectivity index (χ4n) is 1.95. The molecule has 1 aromatic heterocycles. The number of nitrogens with one attached hydrogen (secondary N) is 2. The molecule has 5 nitrogen and oxygen atoms in total. The molecule has 1 amide bonds. The molecule has 0 aromatic carbocycles. The summed E-state index contributed by atoms with van der Waals surface area (Å²) in [7, 11) is 0. The molecule has 0 radical (unpaired) electrons. The maximum absolute atomic E-state index is 11.7. The highest BCUT2D eigenvalue weighted by atomic mass is 16.1. The zero-order valence-electron chi connectivity index (χ0n) is 9.35. The van der Waals surface area contributed by atoms with Crippen LogP contribution in [-0.4, -0.2) is 35.3 Å². The topological polar surface area (TPSA) is 59.0 Å². The summed E-state index contributed by atoms with van der Waals surface area (Å²) < 4.78 is 1.82. The Labute approximate surface area is 95.2 Å². The van der Waals surface area contributed by atoms with Crippen molar-refractivity contribution >= 4 is 5.91 Å². The SMILES string of the molecule is O=C(NCCn1cccn1)[C@H]1CCCNC1. The van der Waals surface area contributed by atoms with Gasteiger partial charge in [0.05, 0.1) is 12.5 Å². The summed E-state index contributed by atoms with van der Waals surface area (Å²) in [6.07, 6.45) is 5.74. The molecule has 1 atom stereocenters. The van der Waals surface area contributed by atoms with Crippen LogP contribution in [0.5, 0.6) is 0 Å². The number of carbonyl (C=O) groups is 1. The van der Waals surface area contributed by atoms with E-state index < -0.39 is 0 Å². The summed E-state index contributed by atoms with van der Waals surface area (Å²) in [5, 5.41) is 10.3. The summed E-state index contributed by atoms with van der Waals surface area (Å²) >= 11 is 0. The van der Waals surface area contributed by atoms with Gasteiger partial charge in [-0.3, -0.25) is 9.48 Å². The largest absolute Gasteiger partial charge is 0.354 e. The van der Waals surface area contributed by atoms with Crippen LogP contribution in [0.25, 0.3) is 0 Å². The van der Waals surface area contributed by atoms with Gasteiger partial charge in [-0.2, -0.15) is 5.10 Å². The van der Waals surface area contributed by atoms with Crippen LogP contribution in [0, 0.1) is 5.92 Å². The molecule has 0 bridgehead atoms. The first-order valence-electron chi connectivity index (χ1n) is 5.82. The molecule has 1 aromatic rings. The zero-order valence-corrected chi connectivity index (χ0v) is 9.35. The predicted molar refractivity (Wildman–Crippen MR) is 60.8 cm³/mol. The van der Waals surface area contributed by atoms with E-state index in [1.807, 2.05) is 16.9 Å². The summed E-state index contributed by atoms with van der Waals surface area (Å²) in [5.74, 6) is 0.311. The second-order valence-corrected chi connectivity index (χ2v) is 4.10. The van der Waals surface area contributed by atoms with Crippen molar-refractivity contribution in [2.75, 3.05) is 19.6 Å². The van der Waals surface area contributed by atoms with Crippen molar-refractivity contribution in [2.45, 2.75) is 19.4 Å². The maximum Gasteiger partial charge on any atom is 0.224 e. The van der Waals surface area contributed by atoms with Crippen molar-refractivity contribution in [3.05, 3.63) is 18.5 Å². The van der Waals surface area contributed by atoms with Crippen LogP contribution in [0.1, 0.15) is 12.8 Å². The summed E-state index contributed by atoms with van der Waals surface area (Å²) in [4.78, 5) is 11.7. The van der Waals surface area contributed by atoms with Crippen LogP contribution < -0.4 is 10.6 Å². The van der Waals surface area contributed by atoms with Gasteiger partial charge in [-0.1, -0.05) is 0 Å². The number of hydrogen-bond donors (Lipinski definition) is 2. The first-order valence-corrected chi connectivity index (χ1v) is 5.82. The van der Waals surface area contributed by atoms with Crippen LogP contribution >= 0.6 is 0 Å². The molecule has 1 aliphatic rings. The van der Waals surface area contributed by atoms with E-state index in [2.05, 4.69) is 15.7 Å². The van der Waals surface area contributed by atoms with E-state index in [0.717, 1.165) is 32.5 Å². The van der Waals surface area contributed by atoms with Gasteiger partial charge in [0.1, 0.15) is 0 Å². The molecule has 0 aliphatic carbocycles. The summed E-state index contributed by atoms with van der Waals surface area (Å²) in [6.45, 7) is 3.24. The lowest BCUT2D eigenvalue weighted by Crippen LogP contribution is -2.41. The number of aromatic nitrogens is 2. The molecule has 2 heterocycles. The molecule has 2 N–H and O–H groups in total. The molecule has 0 saturated carbocycles. The first-order chi connectivity index (χ1) is 7.86. The number of amides is 1. The van der Waals surface area contributed by atoms with Gasteiger partial charge >= 0.3 is 0 Å². The van der Waals surface area contributed by atoms with E-state index in [-0.39, 0.29) is 11.8 Å². The molecule has 88 valence electrons. The Morgan fingerprint density at radius 2 is 2.56 bits per heavy atom. The molecular weight excluding hydrogens is 204 g/mol. The van der Waals surface area contributed by atoms with Crippen molar-refractivity contribution in [3.8, 4) is 0 Å². The van der Waals surface area contributed by atoms with Crippen LogP contribution in [-0.2, 0) is 11.3 Å². The fourth-order valence-corrected chi connectivity index (χ4v) is 1.95. The van der Waals surface area contributed by atoms with Gasteiger partial charge in [0.15, 0.2) is 0 Å². The normalized spacial score (nSPS) is 20.6. The Morgan fingerprint density at radius 3 is 3.25 bits per heavy atom. The molecule has 0 unspecified atom stereocenters. The van der Waals surface area contributed by atoms with E-state index in [1.54, 1.807) is 6.20 Å². The zero-order chi connectivity index (χ0) is 11.2. The summed E-state index contributed by atoms with van der Waals surface area (Å²) in [5.41, 5.74) is 0. The van der Waals surface area contributed by atoms with Crippen LogP contribution in [0.15, 0.2) is 18.5 Å². The van der Waals surface area contributed by atoms with E-state index in [9.17, 15) is 4.79 Å². The first kappa shape index (κ1) is 11.1. The van der Waals surface area contributed by atoms with Crippen LogP contribution in [0.3, 0.4) is 0 Å². The van der Waals surface area contributed by atoms with Gasteiger partial charge in [-0.25, -0.2) is 0 Å².